The smallest absolute Gasteiger partial charge is 0.335 e. The molecule has 0 aromatic heterocycles. The SMILES string of the molecule is NCCCC(=O)N1CCc2cc(C(=O)O)ccc21. The van der Waals surface area contributed by atoms with Crippen molar-refractivity contribution in [2.24, 2.45) is 5.73 Å². The third kappa shape index (κ3) is 2.36. The van der Waals surface area contributed by atoms with E-state index in [0.717, 1.165) is 11.3 Å². The standard InChI is InChI=1S/C13H16N2O3/c14-6-1-2-12(16)15-7-5-9-8-10(13(17)18)3-4-11(9)15/h3-4,8H,1-2,5-7,14H2,(H,17,18). The molecule has 2 rings (SSSR count). The van der Waals surface area contributed by atoms with Crippen LogP contribution in [0.2, 0.25) is 0 Å². The van der Waals surface area contributed by atoms with Crippen LogP contribution in [-0.2, 0) is 11.2 Å². The van der Waals surface area contributed by atoms with Gasteiger partial charge in [-0.15, -0.1) is 0 Å². The Kier molecular flexibility index (Phi) is 3.62. The van der Waals surface area contributed by atoms with E-state index < -0.39 is 5.97 Å². The number of nitrogens with zero attached hydrogens (tertiary/aromatic N) is 1. The molecular formula is C13H16N2O3. The molecule has 5 nitrogen and oxygen atoms in total. The number of amides is 1. The van der Waals surface area contributed by atoms with Gasteiger partial charge in [-0.3, -0.25) is 4.79 Å². The molecule has 5 heteroatoms. The molecule has 0 bridgehead atoms. The molecule has 96 valence electrons. The summed E-state index contributed by atoms with van der Waals surface area (Å²) >= 11 is 0. The highest BCUT2D eigenvalue weighted by molar-refractivity contribution is 5.96. The van der Waals surface area contributed by atoms with Crippen LogP contribution in [0, 0.1) is 0 Å². The zero-order valence-corrected chi connectivity index (χ0v) is 10.1. The van der Waals surface area contributed by atoms with E-state index in [0.29, 0.717) is 32.4 Å². The van der Waals surface area contributed by atoms with E-state index in [2.05, 4.69) is 0 Å². The largest absolute Gasteiger partial charge is 0.478 e. The Morgan fingerprint density at radius 1 is 1.39 bits per heavy atom. The Balaban J connectivity index is 2.18. The molecule has 0 unspecified atom stereocenters. The van der Waals surface area contributed by atoms with E-state index in [1.807, 2.05) is 0 Å². The van der Waals surface area contributed by atoms with E-state index >= 15 is 0 Å². The maximum absolute atomic E-state index is 11.9. The number of hydrogen-bond acceptors (Lipinski definition) is 3. The average molecular weight is 248 g/mol. The zero-order chi connectivity index (χ0) is 13.1. The van der Waals surface area contributed by atoms with Gasteiger partial charge in [-0.25, -0.2) is 4.79 Å². The van der Waals surface area contributed by atoms with Crippen molar-refractivity contribution in [1.82, 2.24) is 0 Å². The number of carboxylic acid groups (broad SMARTS) is 1. The van der Waals surface area contributed by atoms with Crippen molar-refractivity contribution in [3.63, 3.8) is 0 Å². The highest BCUT2D eigenvalue weighted by Gasteiger charge is 2.24. The number of carboxylic acids is 1. The molecule has 1 heterocycles. The maximum atomic E-state index is 11.9. The normalized spacial score (nSPS) is 13.5. The second-order valence-corrected chi connectivity index (χ2v) is 4.34. The number of anilines is 1. The van der Waals surface area contributed by atoms with E-state index in [-0.39, 0.29) is 11.5 Å². The van der Waals surface area contributed by atoms with E-state index in [1.165, 1.54) is 6.07 Å². The molecule has 1 amide bonds. The van der Waals surface area contributed by atoms with E-state index in [1.54, 1.807) is 17.0 Å². The van der Waals surface area contributed by atoms with Crippen LogP contribution in [0.25, 0.3) is 0 Å². The predicted octanol–water partition coefficient (Wildman–Crippen LogP) is 1.01. The van der Waals surface area contributed by atoms with Gasteiger partial charge in [0.1, 0.15) is 0 Å². The molecule has 0 radical (unpaired) electrons. The summed E-state index contributed by atoms with van der Waals surface area (Å²) in [7, 11) is 0. The van der Waals surface area contributed by atoms with Gasteiger partial charge in [0, 0.05) is 18.7 Å². The van der Waals surface area contributed by atoms with Crippen molar-refractivity contribution < 1.29 is 14.7 Å². The number of aromatic carboxylic acids is 1. The summed E-state index contributed by atoms with van der Waals surface area (Å²) in [6, 6.07) is 4.90. The lowest BCUT2D eigenvalue weighted by Gasteiger charge is -2.17. The van der Waals surface area contributed by atoms with Crippen molar-refractivity contribution in [3.05, 3.63) is 29.3 Å². The van der Waals surface area contributed by atoms with Crippen molar-refractivity contribution >= 4 is 17.6 Å². The number of carbonyl (C=O) groups excluding carboxylic acids is 1. The van der Waals surface area contributed by atoms with Gasteiger partial charge >= 0.3 is 5.97 Å². The van der Waals surface area contributed by atoms with Crippen LogP contribution in [0.5, 0.6) is 0 Å². The van der Waals surface area contributed by atoms with Crippen LogP contribution in [0.3, 0.4) is 0 Å². The van der Waals surface area contributed by atoms with Crippen LogP contribution in [-0.4, -0.2) is 30.1 Å². The number of benzene rings is 1. The summed E-state index contributed by atoms with van der Waals surface area (Å²) in [5, 5.41) is 8.91. The fourth-order valence-electron chi connectivity index (χ4n) is 2.18. The van der Waals surface area contributed by atoms with E-state index in [4.69, 9.17) is 10.8 Å². The minimum absolute atomic E-state index is 0.0577. The van der Waals surface area contributed by atoms with Gasteiger partial charge in [0.25, 0.3) is 0 Å². The molecule has 3 N–H and O–H groups in total. The topological polar surface area (TPSA) is 83.6 Å². The molecule has 0 aliphatic carbocycles. The average Bonchev–Trinajstić information content (AvgIpc) is 2.78. The Morgan fingerprint density at radius 3 is 2.83 bits per heavy atom. The summed E-state index contributed by atoms with van der Waals surface area (Å²) in [4.78, 5) is 24.5. The van der Waals surface area contributed by atoms with Crippen LogP contribution in [0.4, 0.5) is 5.69 Å². The van der Waals surface area contributed by atoms with Crippen molar-refractivity contribution in [1.29, 1.82) is 0 Å². The van der Waals surface area contributed by atoms with Crippen LogP contribution in [0.15, 0.2) is 18.2 Å². The molecule has 0 fully saturated rings. The highest BCUT2D eigenvalue weighted by atomic mass is 16.4. The second kappa shape index (κ2) is 5.18. The second-order valence-electron chi connectivity index (χ2n) is 4.34. The minimum Gasteiger partial charge on any atom is -0.478 e. The van der Waals surface area contributed by atoms with Crippen molar-refractivity contribution in [2.75, 3.05) is 18.0 Å². The van der Waals surface area contributed by atoms with Crippen LogP contribution in [0.1, 0.15) is 28.8 Å². The Labute approximate surface area is 105 Å². The molecular weight excluding hydrogens is 232 g/mol. The lowest BCUT2D eigenvalue weighted by Crippen LogP contribution is -2.29. The van der Waals surface area contributed by atoms with Crippen molar-refractivity contribution in [2.45, 2.75) is 19.3 Å². The van der Waals surface area contributed by atoms with Gasteiger partial charge in [0.05, 0.1) is 5.56 Å². The maximum Gasteiger partial charge on any atom is 0.335 e. The monoisotopic (exact) mass is 248 g/mol. The molecule has 18 heavy (non-hydrogen) atoms. The Bertz CT molecular complexity index is 485. The molecule has 1 aliphatic heterocycles. The first kappa shape index (κ1) is 12.6. The number of carbonyl (C=O) groups is 2. The summed E-state index contributed by atoms with van der Waals surface area (Å²) in [5.74, 6) is -0.881. The third-order valence-electron chi connectivity index (χ3n) is 3.12. The fraction of sp³-hybridized carbons (Fsp3) is 0.385. The summed E-state index contributed by atoms with van der Waals surface area (Å²) in [6.07, 6.45) is 1.83. The quantitative estimate of drug-likeness (QED) is 0.833. The molecule has 1 aromatic carbocycles. The molecule has 1 aliphatic rings. The first-order valence-corrected chi connectivity index (χ1v) is 6.00. The first-order chi connectivity index (χ1) is 8.63. The molecule has 0 spiro atoms. The lowest BCUT2D eigenvalue weighted by atomic mass is 10.1. The Hall–Kier alpha value is -1.88. The van der Waals surface area contributed by atoms with Gasteiger partial charge in [-0.1, -0.05) is 0 Å². The zero-order valence-electron chi connectivity index (χ0n) is 10.1. The van der Waals surface area contributed by atoms with Gasteiger partial charge in [0.15, 0.2) is 0 Å². The third-order valence-corrected chi connectivity index (χ3v) is 3.12. The molecule has 1 aromatic rings. The summed E-state index contributed by atoms with van der Waals surface area (Å²) in [5.41, 5.74) is 7.42. The number of nitrogens with two attached hydrogens (primary N) is 1. The number of rotatable bonds is 4. The van der Waals surface area contributed by atoms with Crippen LogP contribution < -0.4 is 10.6 Å². The van der Waals surface area contributed by atoms with E-state index in [9.17, 15) is 9.59 Å². The van der Waals surface area contributed by atoms with Gasteiger partial charge < -0.3 is 15.7 Å². The van der Waals surface area contributed by atoms with Gasteiger partial charge in [0.2, 0.25) is 5.91 Å². The lowest BCUT2D eigenvalue weighted by molar-refractivity contribution is -0.118. The molecule has 0 atom stereocenters. The van der Waals surface area contributed by atoms with Crippen LogP contribution >= 0.6 is 0 Å². The first-order valence-electron chi connectivity index (χ1n) is 6.00. The molecule has 0 saturated carbocycles. The number of hydrogen-bond donors (Lipinski definition) is 2. The Morgan fingerprint density at radius 2 is 2.17 bits per heavy atom. The van der Waals surface area contributed by atoms with Gasteiger partial charge in [-0.05, 0) is 43.1 Å². The predicted molar refractivity (Wildman–Crippen MR) is 67.7 cm³/mol. The number of fused-ring (bicyclic) bond motifs is 1. The summed E-state index contributed by atoms with van der Waals surface area (Å²) < 4.78 is 0. The van der Waals surface area contributed by atoms with Crippen molar-refractivity contribution in [3.8, 4) is 0 Å². The minimum atomic E-state index is -0.939. The fourth-order valence-corrected chi connectivity index (χ4v) is 2.18. The molecule has 0 saturated heterocycles. The highest BCUT2D eigenvalue weighted by Crippen LogP contribution is 2.29. The van der Waals surface area contributed by atoms with Gasteiger partial charge in [-0.2, -0.15) is 0 Å². The summed E-state index contributed by atoms with van der Waals surface area (Å²) in [6.45, 7) is 1.13.